The smallest absolute Gasteiger partial charge is 0.238 e. The maximum atomic E-state index is 14.6. The van der Waals surface area contributed by atoms with Gasteiger partial charge in [-0.3, -0.25) is 14.4 Å². The van der Waals surface area contributed by atoms with E-state index in [0.29, 0.717) is 11.3 Å². The number of rotatable bonds is 7. The minimum absolute atomic E-state index is 0.120. The van der Waals surface area contributed by atoms with Crippen LogP contribution in [0.1, 0.15) is 65.7 Å². The molecule has 0 saturated carbocycles. The van der Waals surface area contributed by atoms with E-state index < -0.39 is 23.4 Å². The van der Waals surface area contributed by atoms with Gasteiger partial charge in [0.1, 0.15) is 5.41 Å². The number of hydrogen-bond acceptors (Lipinski definition) is 4. The second-order valence-electron chi connectivity index (χ2n) is 11.2. The highest BCUT2D eigenvalue weighted by Crippen LogP contribution is 2.57. The molecule has 3 heterocycles. The number of nitrogens with zero attached hydrogens (tertiary/aromatic N) is 1. The molecule has 0 radical (unpaired) electrons. The Labute approximate surface area is 229 Å². The van der Waals surface area contributed by atoms with Gasteiger partial charge in [-0.2, -0.15) is 0 Å². The van der Waals surface area contributed by atoms with Crippen molar-refractivity contribution in [1.29, 1.82) is 0 Å². The number of hydrogen-bond donors (Lipinski definition) is 1. The molecule has 3 aliphatic heterocycles. The van der Waals surface area contributed by atoms with Crippen LogP contribution in [0.2, 0.25) is 0 Å². The van der Waals surface area contributed by atoms with E-state index in [4.69, 9.17) is 0 Å². The zero-order valence-electron chi connectivity index (χ0n) is 22.7. The number of aryl methyl sites for hydroxylation is 2. The van der Waals surface area contributed by atoms with E-state index in [2.05, 4.69) is 18.3 Å². The van der Waals surface area contributed by atoms with E-state index >= 15 is 0 Å². The number of Topliss-reactive ketones (excluding diaryl/α,β-unsaturated/α-hetero) is 2. The zero-order valence-corrected chi connectivity index (χ0v) is 22.7. The van der Waals surface area contributed by atoms with Crippen molar-refractivity contribution in [3.8, 4) is 0 Å². The molecular formula is C34H34N2O3. The molecule has 0 aromatic heterocycles. The molecule has 0 aliphatic carbocycles. The molecule has 198 valence electrons. The molecule has 39 heavy (non-hydrogen) atoms. The fraction of sp³-hybridized carbons (Fsp3) is 0.324. The number of benzene rings is 3. The predicted molar refractivity (Wildman–Crippen MR) is 155 cm³/mol. The summed E-state index contributed by atoms with van der Waals surface area (Å²) in [4.78, 5) is 44.3. The van der Waals surface area contributed by atoms with Crippen LogP contribution in [0.15, 0.2) is 72.8 Å². The molecule has 1 N–H and O–H groups in total. The van der Waals surface area contributed by atoms with Gasteiger partial charge >= 0.3 is 0 Å². The fourth-order valence-electron chi connectivity index (χ4n) is 7.05. The van der Waals surface area contributed by atoms with Gasteiger partial charge in [0.15, 0.2) is 11.6 Å². The Morgan fingerprint density at radius 3 is 2.51 bits per heavy atom. The standard InChI is InChI=1S/C34H34N2O3/c1-4-5-6-9-23-13-15-24(16-14-23)32(38)30-31(22(3)37)36-28-18-12-21(2)20-25(28)17-19-29(36)34(30)26-10-7-8-11-27(26)35-33(34)39/h7-8,10-20,29-31H,4-6,9H2,1-3H3,(H,35,39). The summed E-state index contributed by atoms with van der Waals surface area (Å²) in [7, 11) is 0. The normalized spacial score (nSPS) is 24.3. The first-order valence-corrected chi connectivity index (χ1v) is 14.0. The molecule has 4 unspecified atom stereocenters. The van der Waals surface area contributed by atoms with Gasteiger partial charge in [0, 0.05) is 16.9 Å². The minimum Gasteiger partial charge on any atom is -0.352 e. The molecule has 3 aromatic rings. The van der Waals surface area contributed by atoms with E-state index in [0.717, 1.165) is 41.6 Å². The van der Waals surface area contributed by atoms with E-state index in [-0.39, 0.29) is 17.5 Å². The Morgan fingerprint density at radius 2 is 1.77 bits per heavy atom. The third-order valence-corrected chi connectivity index (χ3v) is 8.79. The molecular weight excluding hydrogens is 484 g/mol. The van der Waals surface area contributed by atoms with E-state index in [1.165, 1.54) is 12.0 Å². The van der Waals surface area contributed by atoms with Gasteiger partial charge in [-0.15, -0.1) is 0 Å². The molecule has 6 rings (SSSR count). The van der Waals surface area contributed by atoms with Crippen LogP contribution in [0.3, 0.4) is 0 Å². The highest BCUT2D eigenvalue weighted by Gasteiger charge is 2.69. The van der Waals surface area contributed by atoms with Crippen molar-refractivity contribution < 1.29 is 14.4 Å². The number of carbonyl (C=O) groups excluding carboxylic acids is 3. The topological polar surface area (TPSA) is 66.5 Å². The number of fused-ring (bicyclic) bond motifs is 6. The van der Waals surface area contributed by atoms with Crippen LogP contribution < -0.4 is 10.2 Å². The van der Waals surface area contributed by atoms with Gasteiger partial charge in [-0.05, 0) is 61.6 Å². The Morgan fingerprint density at radius 1 is 1.00 bits per heavy atom. The number of nitrogens with one attached hydrogen (secondary N) is 1. The minimum atomic E-state index is -1.23. The first kappa shape index (κ1) is 25.3. The van der Waals surface area contributed by atoms with Crippen LogP contribution in [-0.2, 0) is 21.4 Å². The average Bonchev–Trinajstić information content (AvgIpc) is 3.41. The van der Waals surface area contributed by atoms with Crippen molar-refractivity contribution in [2.45, 2.75) is 64.0 Å². The van der Waals surface area contributed by atoms with Gasteiger partial charge in [0.05, 0.1) is 18.0 Å². The summed E-state index contributed by atoms with van der Waals surface area (Å²) in [6.07, 6.45) is 8.47. The molecule has 3 aliphatic rings. The lowest BCUT2D eigenvalue weighted by Crippen LogP contribution is -2.51. The van der Waals surface area contributed by atoms with Crippen molar-refractivity contribution in [3.05, 3.63) is 101 Å². The summed E-state index contributed by atoms with van der Waals surface area (Å²) in [5.41, 5.74) is 4.97. The summed E-state index contributed by atoms with van der Waals surface area (Å²) < 4.78 is 0. The van der Waals surface area contributed by atoms with Crippen LogP contribution in [-0.4, -0.2) is 29.6 Å². The maximum absolute atomic E-state index is 14.6. The highest BCUT2D eigenvalue weighted by atomic mass is 16.2. The Kier molecular flexibility index (Phi) is 6.25. The van der Waals surface area contributed by atoms with Crippen LogP contribution in [0, 0.1) is 12.8 Å². The number of anilines is 2. The van der Waals surface area contributed by atoms with Crippen LogP contribution in [0.25, 0.3) is 6.08 Å². The maximum Gasteiger partial charge on any atom is 0.238 e. The van der Waals surface area contributed by atoms with E-state index in [1.807, 2.05) is 84.6 Å². The molecule has 0 bridgehead atoms. The summed E-state index contributed by atoms with van der Waals surface area (Å²) >= 11 is 0. The highest BCUT2D eigenvalue weighted by molar-refractivity contribution is 6.16. The zero-order chi connectivity index (χ0) is 27.3. The third-order valence-electron chi connectivity index (χ3n) is 8.79. The average molecular weight is 519 g/mol. The number of amides is 1. The quantitative estimate of drug-likeness (QED) is 0.295. The van der Waals surface area contributed by atoms with Crippen LogP contribution in [0.5, 0.6) is 0 Å². The third kappa shape index (κ3) is 3.78. The van der Waals surface area contributed by atoms with Gasteiger partial charge in [-0.25, -0.2) is 0 Å². The van der Waals surface area contributed by atoms with Crippen molar-refractivity contribution >= 4 is 34.9 Å². The Balaban J connectivity index is 1.52. The molecule has 4 atom stereocenters. The number of ketones is 2. The molecule has 1 amide bonds. The van der Waals surface area contributed by atoms with Crippen molar-refractivity contribution in [3.63, 3.8) is 0 Å². The Bertz CT molecular complexity index is 1510. The second kappa shape index (κ2) is 9.64. The molecule has 3 aromatic carbocycles. The summed E-state index contributed by atoms with van der Waals surface area (Å²) in [6, 6.07) is 20.2. The lowest BCUT2D eigenvalue weighted by atomic mass is 9.64. The van der Waals surface area contributed by atoms with Gasteiger partial charge in [0.25, 0.3) is 0 Å². The first-order valence-electron chi connectivity index (χ1n) is 14.0. The molecule has 1 fully saturated rings. The number of carbonyl (C=O) groups is 3. The fourth-order valence-corrected chi connectivity index (χ4v) is 7.05. The van der Waals surface area contributed by atoms with Crippen molar-refractivity contribution in [2.24, 2.45) is 5.92 Å². The van der Waals surface area contributed by atoms with E-state index in [9.17, 15) is 14.4 Å². The molecule has 1 saturated heterocycles. The first-order chi connectivity index (χ1) is 18.9. The summed E-state index contributed by atoms with van der Waals surface area (Å²) in [5, 5.41) is 3.07. The number of unbranched alkanes of at least 4 members (excludes halogenated alkanes) is 2. The largest absolute Gasteiger partial charge is 0.352 e. The van der Waals surface area contributed by atoms with Crippen molar-refractivity contribution in [2.75, 3.05) is 10.2 Å². The van der Waals surface area contributed by atoms with Crippen LogP contribution in [0.4, 0.5) is 11.4 Å². The van der Waals surface area contributed by atoms with E-state index in [1.54, 1.807) is 6.92 Å². The summed E-state index contributed by atoms with van der Waals surface area (Å²) in [6.45, 7) is 5.76. The van der Waals surface area contributed by atoms with Crippen molar-refractivity contribution in [1.82, 2.24) is 0 Å². The lowest BCUT2D eigenvalue weighted by molar-refractivity contribution is -0.122. The monoisotopic (exact) mass is 518 g/mol. The predicted octanol–water partition coefficient (Wildman–Crippen LogP) is 6.29. The van der Waals surface area contributed by atoms with Crippen LogP contribution >= 0.6 is 0 Å². The SMILES string of the molecule is CCCCCc1ccc(C(=O)C2C(C(C)=O)N3c4ccc(C)cc4C=CC3C23C(=O)Nc2ccccc23)cc1. The van der Waals surface area contributed by atoms with Gasteiger partial charge < -0.3 is 10.2 Å². The Hall–Kier alpha value is -3.99. The number of para-hydroxylation sites is 1. The second-order valence-corrected chi connectivity index (χ2v) is 11.2. The molecule has 5 heteroatoms. The van der Waals surface area contributed by atoms with Gasteiger partial charge in [-0.1, -0.05) is 86.0 Å². The molecule has 5 nitrogen and oxygen atoms in total. The van der Waals surface area contributed by atoms with Gasteiger partial charge in [0.2, 0.25) is 5.91 Å². The lowest BCUT2D eigenvalue weighted by Gasteiger charge is -2.37. The molecule has 1 spiro atoms. The summed E-state index contributed by atoms with van der Waals surface area (Å²) in [5.74, 6) is -1.40.